The number of carbonyl (C=O) groups is 6. The summed E-state index contributed by atoms with van der Waals surface area (Å²) in [6, 6.07) is 0.969. The van der Waals surface area contributed by atoms with Crippen LogP contribution in [0, 0.1) is 21.7 Å². The van der Waals surface area contributed by atoms with Crippen molar-refractivity contribution in [2.75, 3.05) is 52.8 Å². The van der Waals surface area contributed by atoms with Gasteiger partial charge in [0.25, 0.3) is 0 Å². The van der Waals surface area contributed by atoms with Gasteiger partial charge in [-0.15, -0.1) is 0 Å². The Balaban J connectivity index is 0.0000245. The van der Waals surface area contributed by atoms with Gasteiger partial charge in [0.2, 0.25) is 5.91 Å². The van der Waals surface area contributed by atoms with Crippen molar-refractivity contribution in [2.24, 2.45) is 21.7 Å². The van der Waals surface area contributed by atoms with Crippen LogP contribution in [0.3, 0.4) is 0 Å². The van der Waals surface area contributed by atoms with Crippen LogP contribution in [-0.2, 0) is 55.8 Å². The van der Waals surface area contributed by atoms with E-state index < -0.39 is 49.3 Å². The van der Waals surface area contributed by atoms with E-state index in [4.69, 9.17) is 36.7 Å². The predicted octanol–water partition coefficient (Wildman–Crippen LogP) is 10.1. The molecular weight excluding hydrogens is 963 g/mol. The Morgan fingerprint density at radius 2 is 1.04 bits per heavy atom. The van der Waals surface area contributed by atoms with E-state index in [-0.39, 0.29) is 118 Å². The number of rotatable bonds is 28. The van der Waals surface area contributed by atoms with Crippen molar-refractivity contribution in [1.82, 2.24) is 16.0 Å². The molecule has 2 fully saturated rings. The van der Waals surface area contributed by atoms with Gasteiger partial charge in [-0.1, -0.05) is 69.6 Å². The number of alkyl carbamates (subject to hydrolysis) is 2. The molecule has 3 amide bonds. The molecular formula is C51H97N3O14Si3. The first-order valence-electron chi connectivity index (χ1n) is 24.6. The Hall–Kier alpha value is -3.57. The number of carbonyl (C=O) groups excluding carboxylic acids is 6. The van der Waals surface area contributed by atoms with Gasteiger partial charge < -0.3 is 52.6 Å². The highest BCUT2D eigenvalue weighted by atomic mass is 28.5. The Morgan fingerprint density at radius 3 is 1.61 bits per heavy atom. The Bertz CT molecular complexity index is 1790. The van der Waals surface area contributed by atoms with E-state index in [1.807, 2.05) is 0 Å². The molecule has 0 bridgehead atoms. The minimum absolute atomic E-state index is 0. The molecule has 0 radical (unpaired) electrons. The van der Waals surface area contributed by atoms with Gasteiger partial charge in [0.15, 0.2) is 16.6 Å². The van der Waals surface area contributed by atoms with Crippen LogP contribution >= 0.6 is 0 Å². The summed E-state index contributed by atoms with van der Waals surface area (Å²) in [4.78, 5) is 74.3. The van der Waals surface area contributed by atoms with Crippen molar-refractivity contribution >= 4 is 61.2 Å². The first kappa shape index (κ1) is 67.4. The van der Waals surface area contributed by atoms with Crippen LogP contribution in [-0.4, -0.2) is 126 Å². The second-order valence-corrected chi connectivity index (χ2v) is 35.7. The molecule has 0 spiro atoms. The summed E-state index contributed by atoms with van der Waals surface area (Å²) in [5.74, 6) is -1.45. The molecule has 0 aromatic heterocycles. The van der Waals surface area contributed by atoms with Crippen LogP contribution in [0.25, 0.3) is 0 Å². The summed E-state index contributed by atoms with van der Waals surface area (Å²) in [6.07, 6.45) is 5.29. The van der Waals surface area contributed by atoms with Gasteiger partial charge in [-0.3, -0.25) is 9.59 Å². The highest BCUT2D eigenvalue weighted by molar-refractivity contribution is 6.88. The third kappa shape index (κ3) is 28.5. The molecule has 0 aromatic rings. The van der Waals surface area contributed by atoms with Crippen molar-refractivity contribution in [2.45, 2.75) is 191 Å². The zero-order chi connectivity index (χ0) is 52.5. The lowest BCUT2D eigenvalue weighted by atomic mass is 9.61. The fourth-order valence-corrected chi connectivity index (χ4v) is 24.4. The maximum atomic E-state index is 13.6. The summed E-state index contributed by atoms with van der Waals surface area (Å²) in [5.41, 5.74) is -0.0375. The molecule has 412 valence electrons. The highest BCUT2D eigenvalue weighted by Crippen LogP contribution is 2.49. The molecule has 2 rings (SSSR count). The van der Waals surface area contributed by atoms with Crippen LogP contribution in [0.4, 0.5) is 9.59 Å². The average molecular weight is 1060 g/mol. The monoisotopic (exact) mass is 1060 g/mol. The molecule has 17 nitrogen and oxygen atoms in total. The first-order valence-corrected chi connectivity index (χ1v) is 33.6. The van der Waals surface area contributed by atoms with Crippen molar-refractivity contribution in [1.29, 1.82) is 0 Å². The maximum Gasteiger partial charge on any atom is 0.407 e. The van der Waals surface area contributed by atoms with Gasteiger partial charge in [0.1, 0.15) is 33.0 Å². The number of hydrogen-bond acceptors (Lipinski definition) is 14. The quantitative estimate of drug-likeness (QED) is 0.0219. The van der Waals surface area contributed by atoms with Gasteiger partial charge >= 0.3 is 38.7 Å². The van der Waals surface area contributed by atoms with Gasteiger partial charge in [0, 0.05) is 48.8 Å². The standard InChI is InChI=1S/C49H89N3O14Si3.2CH4/c1-36(2)42(55)61-24-23-60-41(54)18-19-48(9)30-39(29-46(5,6)33-48)52-45(58)64-22-21-59-20-17-27-67(11,12)65-69(15,16)66-68(13,14)32-40(53)51-38-28-47(7,8)34-49(10,31-38)35-50-44(57)63-26-25-62-43(56)37(3)4;;/h38-39H,1,3,17-35H2,2,4-16H3,(H,50,57)(H,51,53)(H,52,58);2*1H4. The van der Waals surface area contributed by atoms with E-state index >= 15 is 0 Å². The summed E-state index contributed by atoms with van der Waals surface area (Å²) >= 11 is 0. The van der Waals surface area contributed by atoms with Crippen molar-refractivity contribution in [3.05, 3.63) is 24.3 Å². The smallest absolute Gasteiger partial charge is 0.407 e. The van der Waals surface area contributed by atoms with E-state index in [1.54, 1.807) is 13.8 Å². The Kier molecular flexibility index (Phi) is 27.9. The lowest BCUT2D eigenvalue weighted by Crippen LogP contribution is -2.54. The second-order valence-electron chi connectivity index (χ2n) is 23.4. The topological polar surface area (TPSA) is 212 Å². The molecule has 2 aliphatic carbocycles. The summed E-state index contributed by atoms with van der Waals surface area (Å²) in [5, 5.41) is 9.19. The number of amides is 3. The van der Waals surface area contributed by atoms with Crippen molar-refractivity contribution in [3.63, 3.8) is 0 Å². The molecule has 0 saturated heterocycles. The van der Waals surface area contributed by atoms with Gasteiger partial charge in [-0.2, -0.15) is 0 Å². The normalized spacial score (nSPS) is 21.7. The average Bonchev–Trinajstić information content (AvgIpc) is 3.16. The minimum atomic E-state index is -2.62. The molecule has 0 heterocycles. The molecule has 2 aliphatic rings. The van der Waals surface area contributed by atoms with E-state index in [0.717, 1.165) is 38.1 Å². The number of esters is 3. The third-order valence-electron chi connectivity index (χ3n) is 12.2. The van der Waals surface area contributed by atoms with Crippen LogP contribution in [0.1, 0.15) is 128 Å². The SMILES string of the molecule is C.C.C=C(C)C(=O)OCCOC(=O)CCC1(C)CC(NC(=O)OCCOCCC[Si](C)(C)O[Si](C)(C)O[Si](C)(C)CC(=O)NC2CC(C)(C)CC(C)(CNC(=O)OCCOC(=O)C(=C)C)C2)CC(C)(C)C1. The van der Waals surface area contributed by atoms with Gasteiger partial charge in [-0.05, 0) is 132 Å². The number of hydrogen-bond donors (Lipinski definition) is 3. The number of nitrogens with one attached hydrogen (secondary N) is 3. The summed E-state index contributed by atoms with van der Waals surface area (Å²) in [6.45, 7) is 36.8. The maximum absolute atomic E-state index is 13.6. The molecule has 4 atom stereocenters. The summed E-state index contributed by atoms with van der Waals surface area (Å²) < 4.78 is 45.3. The molecule has 4 unspecified atom stereocenters. The summed E-state index contributed by atoms with van der Waals surface area (Å²) in [7, 11) is -7.27. The zero-order valence-corrected chi connectivity index (χ0v) is 47.7. The molecule has 71 heavy (non-hydrogen) atoms. The third-order valence-corrected chi connectivity index (χ3v) is 23.2. The van der Waals surface area contributed by atoms with Crippen LogP contribution in [0.2, 0.25) is 51.4 Å². The van der Waals surface area contributed by atoms with Crippen LogP contribution in [0.5, 0.6) is 0 Å². The molecule has 20 heteroatoms. The second kappa shape index (κ2) is 29.4. The van der Waals surface area contributed by atoms with E-state index in [9.17, 15) is 28.8 Å². The van der Waals surface area contributed by atoms with E-state index in [2.05, 4.69) is 110 Å². The molecule has 0 aliphatic heterocycles. The zero-order valence-electron chi connectivity index (χ0n) is 44.7. The van der Waals surface area contributed by atoms with Crippen LogP contribution < -0.4 is 16.0 Å². The lowest BCUT2D eigenvalue weighted by Gasteiger charge is -2.47. The number of ether oxygens (including phenoxy) is 6. The van der Waals surface area contributed by atoms with Crippen molar-refractivity contribution < 1.29 is 65.4 Å². The van der Waals surface area contributed by atoms with Gasteiger partial charge in [-0.25, -0.2) is 19.2 Å². The van der Waals surface area contributed by atoms with E-state index in [0.29, 0.717) is 38.5 Å². The predicted molar refractivity (Wildman–Crippen MR) is 286 cm³/mol. The fourth-order valence-electron chi connectivity index (χ4n) is 10.6. The molecule has 0 aromatic carbocycles. The van der Waals surface area contributed by atoms with Gasteiger partial charge in [0.05, 0.1) is 6.61 Å². The highest BCUT2D eigenvalue weighted by Gasteiger charge is 2.45. The van der Waals surface area contributed by atoms with Crippen LogP contribution in [0.15, 0.2) is 24.3 Å². The largest absolute Gasteiger partial charge is 0.462 e. The van der Waals surface area contributed by atoms with E-state index in [1.165, 1.54) is 0 Å². The molecule has 3 N–H and O–H groups in total. The van der Waals surface area contributed by atoms with Crippen molar-refractivity contribution in [3.8, 4) is 0 Å². The Labute approximate surface area is 431 Å². The Morgan fingerprint density at radius 1 is 0.577 bits per heavy atom. The fraction of sp³-hybridized carbons (Fsp3) is 0.804. The molecule has 2 saturated carbocycles. The minimum Gasteiger partial charge on any atom is -0.462 e. The lowest BCUT2D eigenvalue weighted by molar-refractivity contribution is -0.150. The first-order chi connectivity index (χ1) is 31.6.